The fraction of sp³-hybridized carbons (Fsp3) is 0.611. The average molecular weight is 292 g/mol. The van der Waals surface area contributed by atoms with E-state index in [1.807, 2.05) is 31.2 Å². The number of carbonyl (C=O) groups is 1. The lowest BCUT2D eigenvalue weighted by Crippen LogP contribution is -2.33. The summed E-state index contributed by atoms with van der Waals surface area (Å²) in [6.07, 6.45) is 3.36. The van der Waals surface area contributed by atoms with Crippen LogP contribution in [-0.2, 0) is 4.79 Å². The summed E-state index contributed by atoms with van der Waals surface area (Å²) in [4.78, 5) is 11.4. The van der Waals surface area contributed by atoms with Crippen molar-refractivity contribution < 1.29 is 14.6 Å². The summed E-state index contributed by atoms with van der Waals surface area (Å²) >= 11 is 0. The number of hydrogen-bond acceptors (Lipinski definition) is 2. The highest BCUT2D eigenvalue weighted by molar-refractivity contribution is 5.73. The second-order valence-electron chi connectivity index (χ2n) is 5.90. The molecule has 1 rings (SSSR count). The molecule has 3 unspecified atom stereocenters. The standard InChI is InChI=1S/C18H28O3/c1-5-7-13(3)15-9-11-16(12-10-15)21-17(18(19)20)14(4)8-6-2/h9-14,17H,5-8H2,1-4H3,(H,19,20). The molecule has 0 saturated heterocycles. The molecule has 1 N–H and O–H groups in total. The minimum absolute atomic E-state index is 0.00573. The summed E-state index contributed by atoms with van der Waals surface area (Å²) < 4.78 is 5.69. The molecule has 0 saturated carbocycles. The zero-order chi connectivity index (χ0) is 15.8. The smallest absolute Gasteiger partial charge is 0.345 e. The summed E-state index contributed by atoms with van der Waals surface area (Å²) in [5.74, 6) is 0.279. The second-order valence-corrected chi connectivity index (χ2v) is 5.90. The lowest BCUT2D eigenvalue weighted by molar-refractivity contribution is -0.147. The second kappa shape index (κ2) is 8.71. The molecule has 0 aliphatic rings. The van der Waals surface area contributed by atoms with Gasteiger partial charge in [0, 0.05) is 5.92 Å². The molecule has 0 amide bonds. The van der Waals surface area contributed by atoms with E-state index in [1.54, 1.807) is 0 Å². The van der Waals surface area contributed by atoms with Crippen molar-refractivity contribution in [2.45, 2.75) is 65.4 Å². The van der Waals surface area contributed by atoms with Gasteiger partial charge in [0.15, 0.2) is 6.10 Å². The van der Waals surface area contributed by atoms with Crippen LogP contribution in [0.15, 0.2) is 24.3 Å². The van der Waals surface area contributed by atoms with Crippen molar-refractivity contribution in [1.29, 1.82) is 0 Å². The molecule has 1 aromatic rings. The van der Waals surface area contributed by atoms with Crippen LogP contribution in [0.5, 0.6) is 5.75 Å². The van der Waals surface area contributed by atoms with Crippen molar-refractivity contribution >= 4 is 5.97 Å². The predicted octanol–water partition coefficient (Wildman–Crippen LogP) is 4.86. The van der Waals surface area contributed by atoms with Gasteiger partial charge in [-0.1, -0.05) is 52.7 Å². The molecule has 0 radical (unpaired) electrons. The van der Waals surface area contributed by atoms with Crippen LogP contribution in [0.25, 0.3) is 0 Å². The number of ether oxygens (including phenoxy) is 1. The van der Waals surface area contributed by atoms with Gasteiger partial charge >= 0.3 is 5.97 Å². The molecular weight excluding hydrogens is 264 g/mol. The third-order valence-electron chi connectivity index (χ3n) is 3.94. The maximum atomic E-state index is 11.4. The highest BCUT2D eigenvalue weighted by Crippen LogP contribution is 2.25. The highest BCUT2D eigenvalue weighted by Gasteiger charge is 2.26. The Kier molecular flexibility index (Phi) is 7.27. The molecule has 0 spiro atoms. The third kappa shape index (κ3) is 5.41. The van der Waals surface area contributed by atoms with Gasteiger partial charge in [0.25, 0.3) is 0 Å². The third-order valence-corrected chi connectivity index (χ3v) is 3.94. The maximum Gasteiger partial charge on any atom is 0.345 e. The number of benzene rings is 1. The molecule has 0 fully saturated rings. The summed E-state index contributed by atoms with van der Waals surface area (Å²) in [6.45, 7) is 8.38. The van der Waals surface area contributed by atoms with Gasteiger partial charge in [0.1, 0.15) is 5.75 Å². The minimum Gasteiger partial charge on any atom is -0.478 e. The Labute approximate surface area is 128 Å². The Balaban J connectivity index is 2.74. The van der Waals surface area contributed by atoms with Crippen LogP contribution < -0.4 is 4.74 Å². The van der Waals surface area contributed by atoms with E-state index in [2.05, 4.69) is 20.8 Å². The van der Waals surface area contributed by atoms with Gasteiger partial charge in [0.05, 0.1) is 0 Å². The Morgan fingerprint density at radius 1 is 1.10 bits per heavy atom. The van der Waals surface area contributed by atoms with Crippen molar-refractivity contribution in [1.82, 2.24) is 0 Å². The van der Waals surface area contributed by atoms with Crippen LogP contribution in [0.3, 0.4) is 0 Å². The van der Waals surface area contributed by atoms with E-state index in [0.717, 1.165) is 25.7 Å². The number of hydrogen-bond donors (Lipinski definition) is 1. The van der Waals surface area contributed by atoms with Crippen molar-refractivity contribution in [3.8, 4) is 5.75 Å². The van der Waals surface area contributed by atoms with Gasteiger partial charge < -0.3 is 9.84 Å². The van der Waals surface area contributed by atoms with Gasteiger partial charge in [-0.3, -0.25) is 0 Å². The largest absolute Gasteiger partial charge is 0.478 e. The molecule has 1 aromatic carbocycles. The van der Waals surface area contributed by atoms with E-state index in [4.69, 9.17) is 4.74 Å². The molecule has 0 aliphatic carbocycles. The van der Waals surface area contributed by atoms with Crippen molar-refractivity contribution in [3.05, 3.63) is 29.8 Å². The van der Waals surface area contributed by atoms with Gasteiger partial charge in [-0.15, -0.1) is 0 Å². The van der Waals surface area contributed by atoms with E-state index in [1.165, 1.54) is 5.56 Å². The van der Waals surface area contributed by atoms with Crippen molar-refractivity contribution in [2.24, 2.45) is 5.92 Å². The van der Waals surface area contributed by atoms with Gasteiger partial charge in [0.2, 0.25) is 0 Å². The van der Waals surface area contributed by atoms with E-state index in [9.17, 15) is 9.90 Å². The Bertz CT molecular complexity index is 425. The fourth-order valence-corrected chi connectivity index (χ4v) is 2.64. The van der Waals surface area contributed by atoms with Gasteiger partial charge in [-0.05, 0) is 36.5 Å². The van der Waals surface area contributed by atoms with Crippen LogP contribution in [0, 0.1) is 5.92 Å². The number of rotatable bonds is 9. The topological polar surface area (TPSA) is 46.5 Å². The zero-order valence-corrected chi connectivity index (χ0v) is 13.6. The van der Waals surface area contributed by atoms with Crippen LogP contribution in [0.2, 0.25) is 0 Å². The highest BCUT2D eigenvalue weighted by atomic mass is 16.5. The molecule has 0 aromatic heterocycles. The molecule has 21 heavy (non-hydrogen) atoms. The normalized spacial score (nSPS) is 15.2. The Morgan fingerprint density at radius 2 is 1.67 bits per heavy atom. The Hall–Kier alpha value is -1.51. The number of carboxylic acid groups (broad SMARTS) is 1. The predicted molar refractivity (Wildman–Crippen MR) is 85.9 cm³/mol. The molecule has 3 atom stereocenters. The Morgan fingerprint density at radius 3 is 2.14 bits per heavy atom. The van der Waals surface area contributed by atoms with Crippen LogP contribution >= 0.6 is 0 Å². The van der Waals surface area contributed by atoms with Crippen LogP contribution in [-0.4, -0.2) is 17.2 Å². The van der Waals surface area contributed by atoms with E-state index < -0.39 is 12.1 Å². The monoisotopic (exact) mass is 292 g/mol. The first-order valence-corrected chi connectivity index (χ1v) is 7.99. The van der Waals surface area contributed by atoms with Gasteiger partial charge in [-0.2, -0.15) is 0 Å². The molecule has 118 valence electrons. The van der Waals surface area contributed by atoms with Crippen molar-refractivity contribution in [3.63, 3.8) is 0 Å². The minimum atomic E-state index is -0.889. The fourth-order valence-electron chi connectivity index (χ4n) is 2.64. The summed E-state index contributed by atoms with van der Waals surface area (Å²) in [5.41, 5.74) is 1.28. The zero-order valence-electron chi connectivity index (χ0n) is 13.6. The average Bonchev–Trinajstić information content (AvgIpc) is 2.45. The van der Waals surface area contributed by atoms with E-state index in [-0.39, 0.29) is 5.92 Å². The lowest BCUT2D eigenvalue weighted by Gasteiger charge is -2.21. The first kappa shape index (κ1) is 17.5. The summed E-state index contributed by atoms with van der Waals surface area (Å²) in [7, 11) is 0. The van der Waals surface area contributed by atoms with Crippen LogP contribution in [0.1, 0.15) is 64.9 Å². The van der Waals surface area contributed by atoms with E-state index >= 15 is 0 Å². The summed E-state index contributed by atoms with van der Waals surface area (Å²) in [5, 5.41) is 9.32. The molecule has 0 heterocycles. The first-order chi connectivity index (χ1) is 9.99. The van der Waals surface area contributed by atoms with Gasteiger partial charge in [-0.25, -0.2) is 4.79 Å². The molecule has 0 aliphatic heterocycles. The number of aliphatic carboxylic acids is 1. The lowest BCUT2D eigenvalue weighted by atomic mass is 9.96. The molecule has 0 bridgehead atoms. The molecule has 3 heteroatoms. The SMILES string of the molecule is CCCC(C)c1ccc(OC(C(=O)O)C(C)CCC)cc1. The first-order valence-electron chi connectivity index (χ1n) is 7.99. The van der Waals surface area contributed by atoms with E-state index in [0.29, 0.717) is 11.7 Å². The molecule has 3 nitrogen and oxygen atoms in total. The number of carboxylic acids is 1. The summed E-state index contributed by atoms with van der Waals surface area (Å²) in [6, 6.07) is 7.85. The van der Waals surface area contributed by atoms with Crippen molar-refractivity contribution in [2.75, 3.05) is 0 Å². The van der Waals surface area contributed by atoms with Crippen LogP contribution in [0.4, 0.5) is 0 Å². The maximum absolute atomic E-state index is 11.4. The molecular formula is C18H28O3. The quantitative estimate of drug-likeness (QED) is 0.707.